The minimum atomic E-state index is -0.589. The molecule has 0 aliphatic rings. The molecule has 84 valence electrons. The summed E-state index contributed by atoms with van der Waals surface area (Å²) < 4.78 is 14.4. The van der Waals surface area contributed by atoms with Crippen molar-refractivity contribution in [2.24, 2.45) is 0 Å². The fourth-order valence-corrected chi connectivity index (χ4v) is 0.878. The lowest BCUT2D eigenvalue weighted by Gasteiger charge is -1.96. The molecule has 14 heavy (non-hydrogen) atoms. The zero-order valence-electron chi connectivity index (χ0n) is 9.25. The highest BCUT2D eigenvalue weighted by atomic mass is 28.3. The molecule has 0 aliphatic carbocycles. The first kappa shape index (κ1) is 15.8. The van der Waals surface area contributed by atoms with Crippen molar-refractivity contribution in [3.05, 3.63) is 12.7 Å². The third-order valence-corrected chi connectivity index (χ3v) is 2.18. The van der Waals surface area contributed by atoms with E-state index in [1.807, 2.05) is 13.8 Å². The van der Waals surface area contributed by atoms with Crippen LogP contribution in [0, 0.1) is 0 Å². The van der Waals surface area contributed by atoms with E-state index in [2.05, 4.69) is 11.3 Å². The normalized spacial score (nSPS) is 8.50. The van der Waals surface area contributed by atoms with Crippen molar-refractivity contribution in [3.63, 3.8) is 0 Å². The highest BCUT2D eigenvalue weighted by molar-refractivity contribution is 6.17. The molecule has 0 radical (unpaired) electrons. The Hall–Kier alpha value is -0.653. The number of ether oxygens (including phenoxy) is 1. The van der Waals surface area contributed by atoms with Crippen LogP contribution in [0.5, 0.6) is 0 Å². The van der Waals surface area contributed by atoms with E-state index in [-0.39, 0.29) is 5.97 Å². The molecule has 0 aromatic rings. The standard InChI is InChI=1S/C5H8O2.C4H12O2Si/c1-3-5(6)7-4-2;1-3-5-7-6-4-2/h3H,1,4H2,2H3;3-4,7H2,1-2H3. The number of carbonyl (C=O) groups is 1. The zero-order chi connectivity index (χ0) is 11.2. The van der Waals surface area contributed by atoms with Gasteiger partial charge in [0.2, 0.25) is 0 Å². The molecule has 0 rings (SSSR count). The van der Waals surface area contributed by atoms with Crippen LogP contribution in [0.4, 0.5) is 0 Å². The van der Waals surface area contributed by atoms with Crippen LogP contribution in [-0.2, 0) is 18.4 Å². The molecule has 0 aromatic heterocycles. The Morgan fingerprint density at radius 1 is 1.21 bits per heavy atom. The van der Waals surface area contributed by atoms with Gasteiger partial charge >= 0.3 is 16.0 Å². The number of hydrogen-bond acceptors (Lipinski definition) is 4. The van der Waals surface area contributed by atoms with Crippen molar-refractivity contribution in [2.75, 3.05) is 19.8 Å². The van der Waals surface area contributed by atoms with E-state index >= 15 is 0 Å². The lowest BCUT2D eigenvalue weighted by atomic mass is 10.6. The summed E-state index contributed by atoms with van der Waals surface area (Å²) >= 11 is 0. The van der Waals surface area contributed by atoms with Crippen molar-refractivity contribution >= 4 is 16.0 Å². The summed E-state index contributed by atoms with van der Waals surface area (Å²) in [5.74, 6) is -0.359. The van der Waals surface area contributed by atoms with Crippen LogP contribution in [0.15, 0.2) is 12.7 Å². The van der Waals surface area contributed by atoms with Gasteiger partial charge in [-0.05, 0) is 20.8 Å². The summed E-state index contributed by atoms with van der Waals surface area (Å²) in [6.07, 6.45) is 1.14. The van der Waals surface area contributed by atoms with Gasteiger partial charge in [-0.15, -0.1) is 0 Å². The van der Waals surface area contributed by atoms with Gasteiger partial charge in [0.15, 0.2) is 0 Å². The first-order valence-electron chi connectivity index (χ1n) is 4.67. The highest BCUT2D eigenvalue weighted by Crippen LogP contribution is 1.74. The maximum atomic E-state index is 10.1. The third-order valence-electron chi connectivity index (χ3n) is 1.03. The maximum Gasteiger partial charge on any atom is 0.330 e. The van der Waals surface area contributed by atoms with E-state index in [4.69, 9.17) is 8.85 Å². The van der Waals surface area contributed by atoms with Gasteiger partial charge < -0.3 is 13.6 Å². The Bertz CT molecular complexity index is 135. The van der Waals surface area contributed by atoms with Crippen LogP contribution in [0.25, 0.3) is 0 Å². The Kier molecular flexibility index (Phi) is 16.8. The Morgan fingerprint density at radius 3 is 1.93 bits per heavy atom. The van der Waals surface area contributed by atoms with Crippen LogP contribution in [-0.4, -0.2) is 35.8 Å². The monoisotopic (exact) mass is 220 g/mol. The van der Waals surface area contributed by atoms with Crippen LogP contribution < -0.4 is 0 Å². The van der Waals surface area contributed by atoms with E-state index in [0.29, 0.717) is 6.61 Å². The lowest BCUT2D eigenvalue weighted by molar-refractivity contribution is -0.137. The average molecular weight is 220 g/mol. The predicted octanol–water partition coefficient (Wildman–Crippen LogP) is 0.794. The van der Waals surface area contributed by atoms with Gasteiger partial charge in [-0.1, -0.05) is 6.58 Å². The van der Waals surface area contributed by atoms with Crippen molar-refractivity contribution in [1.82, 2.24) is 0 Å². The topological polar surface area (TPSA) is 44.8 Å². The van der Waals surface area contributed by atoms with E-state index in [9.17, 15) is 4.79 Å². The van der Waals surface area contributed by atoms with Gasteiger partial charge in [0.25, 0.3) is 0 Å². The quantitative estimate of drug-likeness (QED) is 0.287. The van der Waals surface area contributed by atoms with Gasteiger partial charge in [-0.25, -0.2) is 4.79 Å². The summed E-state index contributed by atoms with van der Waals surface area (Å²) in [6, 6.07) is 0. The summed E-state index contributed by atoms with van der Waals surface area (Å²) in [4.78, 5) is 10.1. The Morgan fingerprint density at radius 2 is 1.71 bits per heavy atom. The fourth-order valence-electron chi connectivity index (χ4n) is 0.427. The smallest absolute Gasteiger partial charge is 0.330 e. The number of esters is 1. The van der Waals surface area contributed by atoms with Crippen molar-refractivity contribution in [2.45, 2.75) is 20.8 Å². The van der Waals surface area contributed by atoms with Gasteiger partial charge in [0.05, 0.1) is 6.61 Å². The first-order valence-corrected chi connectivity index (χ1v) is 5.82. The Balaban J connectivity index is 0. The molecule has 0 fully saturated rings. The number of hydrogen-bond donors (Lipinski definition) is 0. The molecule has 0 atom stereocenters. The SMILES string of the molecule is C=CC(=O)OCC.CCO[SiH2]OCC. The van der Waals surface area contributed by atoms with Crippen LogP contribution >= 0.6 is 0 Å². The van der Waals surface area contributed by atoms with Crippen molar-refractivity contribution in [3.8, 4) is 0 Å². The molecule has 0 spiro atoms. The largest absolute Gasteiger partial charge is 0.463 e. The van der Waals surface area contributed by atoms with Crippen LogP contribution in [0.2, 0.25) is 0 Å². The van der Waals surface area contributed by atoms with E-state index in [0.717, 1.165) is 19.3 Å². The fraction of sp³-hybridized carbons (Fsp3) is 0.667. The van der Waals surface area contributed by atoms with Gasteiger partial charge in [0.1, 0.15) is 0 Å². The molecule has 0 amide bonds. The van der Waals surface area contributed by atoms with Gasteiger partial charge in [-0.2, -0.15) is 0 Å². The molecule has 5 heteroatoms. The van der Waals surface area contributed by atoms with Crippen LogP contribution in [0.3, 0.4) is 0 Å². The van der Waals surface area contributed by atoms with Crippen molar-refractivity contribution in [1.29, 1.82) is 0 Å². The minimum absolute atomic E-state index is 0.359. The Labute approximate surface area is 88.3 Å². The van der Waals surface area contributed by atoms with Crippen LogP contribution in [0.1, 0.15) is 20.8 Å². The van der Waals surface area contributed by atoms with Crippen molar-refractivity contribution < 1.29 is 18.4 Å². The number of carbonyl (C=O) groups excluding carboxylic acids is 1. The average Bonchev–Trinajstić information content (AvgIpc) is 2.20. The second-order valence-electron chi connectivity index (χ2n) is 2.06. The maximum absolute atomic E-state index is 10.1. The number of rotatable bonds is 6. The summed E-state index contributed by atoms with van der Waals surface area (Å²) in [6.45, 7) is 10.9. The molecule has 0 aromatic carbocycles. The molecular weight excluding hydrogens is 200 g/mol. The second kappa shape index (κ2) is 14.8. The molecule has 0 bridgehead atoms. The predicted molar refractivity (Wildman–Crippen MR) is 58.6 cm³/mol. The molecule has 0 aliphatic heterocycles. The molecule has 4 nitrogen and oxygen atoms in total. The summed E-state index contributed by atoms with van der Waals surface area (Å²) in [5, 5.41) is 0. The second-order valence-corrected chi connectivity index (χ2v) is 3.11. The highest BCUT2D eigenvalue weighted by Gasteiger charge is 1.86. The molecular formula is C9H20O4Si. The molecule has 0 saturated heterocycles. The molecule has 0 N–H and O–H groups in total. The summed E-state index contributed by atoms with van der Waals surface area (Å²) in [5.41, 5.74) is 0. The molecule has 0 heterocycles. The lowest BCUT2D eigenvalue weighted by Crippen LogP contribution is -2.02. The third kappa shape index (κ3) is 17.4. The zero-order valence-corrected chi connectivity index (χ0v) is 10.7. The van der Waals surface area contributed by atoms with E-state index in [1.165, 1.54) is 0 Å². The minimum Gasteiger partial charge on any atom is -0.463 e. The van der Waals surface area contributed by atoms with Gasteiger partial charge in [-0.3, -0.25) is 0 Å². The van der Waals surface area contributed by atoms with Gasteiger partial charge in [0, 0.05) is 19.3 Å². The summed E-state index contributed by atoms with van der Waals surface area (Å²) in [7, 11) is -0.589. The van der Waals surface area contributed by atoms with E-state index < -0.39 is 10.0 Å². The molecule has 0 saturated carbocycles. The van der Waals surface area contributed by atoms with E-state index in [1.54, 1.807) is 6.92 Å². The molecule has 0 unspecified atom stereocenters. The first-order chi connectivity index (χ1) is 6.72.